The van der Waals surface area contributed by atoms with Crippen molar-refractivity contribution in [3.05, 3.63) is 34.9 Å². The van der Waals surface area contributed by atoms with Crippen LogP contribution in [-0.4, -0.2) is 27.4 Å². The summed E-state index contributed by atoms with van der Waals surface area (Å²) < 4.78 is 31.6. The molecule has 1 fully saturated rings. The summed E-state index contributed by atoms with van der Waals surface area (Å²) in [5.74, 6) is 0. The molecule has 0 saturated heterocycles. The van der Waals surface area contributed by atoms with Crippen LogP contribution in [0.15, 0.2) is 24.3 Å². The van der Waals surface area contributed by atoms with Crippen LogP contribution in [0.3, 0.4) is 0 Å². The Labute approximate surface area is 112 Å². The molecule has 100 valence electrons. The summed E-state index contributed by atoms with van der Waals surface area (Å²) in [6, 6.07) is 6.73. The molecule has 2 rings (SSSR count). The van der Waals surface area contributed by atoms with E-state index in [-0.39, 0.29) is 11.3 Å². The number of halogens is 1. The predicted molar refractivity (Wildman–Crippen MR) is 71.1 cm³/mol. The molecule has 0 aliphatic heterocycles. The van der Waals surface area contributed by atoms with Crippen molar-refractivity contribution in [1.82, 2.24) is 4.72 Å². The van der Waals surface area contributed by atoms with Crippen LogP contribution in [0.4, 0.5) is 0 Å². The van der Waals surface area contributed by atoms with Gasteiger partial charge in [0, 0.05) is 12.1 Å². The largest absolute Gasteiger partial charge is 0.383 e. The van der Waals surface area contributed by atoms with Gasteiger partial charge >= 0.3 is 0 Å². The molecule has 0 heterocycles. The first-order valence-electron chi connectivity index (χ1n) is 5.78. The van der Waals surface area contributed by atoms with E-state index in [0.717, 1.165) is 18.4 Å². The molecule has 0 bridgehead atoms. The minimum absolute atomic E-state index is 0.232. The highest BCUT2D eigenvalue weighted by Gasteiger charge is 2.37. The van der Waals surface area contributed by atoms with Crippen LogP contribution in [0.5, 0.6) is 0 Å². The third-order valence-corrected chi connectivity index (χ3v) is 5.09. The van der Waals surface area contributed by atoms with Gasteiger partial charge in [-0.3, -0.25) is 0 Å². The molecule has 6 heteroatoms. The normalized spacial score (nSPS) is 17.7. The maximum Gasteiger partial charge on any atom is 0.215 e. The Morgan fingerprint density at radius 1 is 1.39 bits per heavy atom. The van der Waals surface area contributed by atoms with Gasteiger partial charge in [0.05, 0.1) is 17.9 Å². The average Bonchev–Trinajstić information content (AvgIpc) is 3.13. The number of nitrogens with one attached hydrogen (secondary N) is 1. The van der Waals surface area contributed by atoms with Crippen LogP contribution in [0, 0.1) is 0 Å². The Morgan fingerprint density at radius 2 is 2.00 bits per heavy atom. The van der Waals surface area contributed by atoms with Crippen LogP contribution in [-0.2, 0) is 14.8 Å². The van der Waals surface area contributed by atoms with Crippen molar-refractivity contribution in [2.45, 2.75) is 24.1 Å². The van der Waals surface area contributed by atoms with Gasteiger partial charge in [0.1, 0.15) is 0 Å². The average molecular weight is 290 g/mol. The van der Waals surface area contributed by atoms with Gasteiger partial charge in [0.25, 0.3) is 0 Å². The number of hydrogen-bond donors (Lipinski definition) is 1. The number of hydrogen-bond acceptors (Lipinski definition) is 3. The molecular weight excluding hydrogens is 274 g/mol. The van der Waals surface area contributed by atoms with Gasteiger partial charge in [0.2, 0.25) is 10.0 Å². The Hall–Kier alpha value is -0.620. The molecule has 1 aromatic rings. The molecule has 1 aromatic carbocycles. The fourth-order valence-electron chi connectivity index (χ4n) is 1.73. The first-order valence-corrected chi connectivity index (χ1v) is 7.71. The minimum Gasteiger partial charge on any atom is -0.383 e. The van der Waals surface area contributed by atoms with E-state index in [1.807, 2.05) is 0 Å². The smallest absolute Gasteiger partial charge is 0.215 e. The lowest BCUT2D eigenvalue weighted by Gasteiger charge is -2.18. The molecule has 4 nitrogen and oxygen atoms in total. The molecular formula is C12H16ClNO3S. The summed E-state index contributed by atoms with van der Waals surface area (Å²) in [6.45, 7) is 0.299. The first-order chi connectivity index (χ1) is 8.53. The van der Waals surface area contributed by atoms with Crippen molar-refractivity contribution >= 4 is 21.6 Å². The SMILES string of the molecule is COC[C@@H](NS(=O)(=O)C1CC1)c1ccc(Cl)cc1. The fourth-order valence-corrected chi connectivity index (χ4v) is 3.41. The molecule has 0 spiro atoms. The molecule has 0 unspecified atom stereocenters. The minimum atomic E-state index is -3.23. The van der Waals surface area contributed by atoms with Gasteiger partial charge in [-0.1, -0.05) is 23.7 Å². The fraction of sp³-hybridized carbons (Fsp3) is 0.500. The van der Waals surface area contributed by atoms with Gasteiger partial charge in [-0.2, -0.15) is 0 Å². The Balaban J connectivity index is 2.15. The van der Waals surface area contributed by atoms with Crippen molar-refractivity contribution in [1.29, 1.82) is 0 Å². The summed E-state index contributed by atoms with van der Waals surface area (Å²) in [5, 5.41) is 0.393. The molecule has 1 aliphatic carbocycles. The number of sulfonamides is 1. The second-order valence-corrected chi connectivity index (χ2v) is 6.85. The summed E-state index contributed by atoms with van der Waals surface area (Å²) in [7, 11) is -1.68. The van der Waals surface area contributed by atoms with Crippen molar-refractivity contribution in [3.8, 4) is 0 Å². The van der Waals surface area contributed by atoms with Crippen LogP contribution >= 0.6 is 11.6 Å². The predicted octanol–water partition coefficient (Wildman–Crippen LogP) is 2.11. The summed E-state index contributed by atoms with van der Waals surface area (Å²) in [5.41, 5.74) is 0.852. The molecule has 1 aliphatic rings. The summed E-state index contributed by atoms with van der Waals surface area (Å²) in [4.78, 5) is 0. The zero-order chi connectivity index (χ0) is 13.2. The van der Waals surface area contributed by atoms with E-state index in [1.165, 1.54) is 0 Å². The van der Waals surface area contributed by atoms with Gasteiger partial charge < -0.3 is 4.74 Å². The van der Waals surface area contributed by atoms with E-state index in [4.69, 9.17) is 16.3 Å². The van der Waals surface area contributed by atoms with E-state index < -0.39 is 10.0 Å². The quantitative estimate of drug-likeness (QED) is 0.873. The van der Waals surface area contributed by atoms with Gasteiger partial charge in [-0.05, 0) is 30.5 Å². The Morgan fingerprint density at radius 3 is 2.50 bits per heavy atom. The topological polar surface area (TPSA) is 55.4 Å². The van der Waals surface area contributed by atoms with E-state index in [0.29, 0.717) is 11.6 Å². The maximum atomic E-state index is 11.9. The van der Waals surface area contributed by atoms with Crippen molar-refractivity contribution in [2.75, 3.05) is 13.7 Å². The van der Waals surface area contributed by atoms with E-state index in [1.54, 1.807) is 31.4 Å². The Bertz CT molecular complexity index is 497. The molecule has 1 saturated carbocycles. The zero-order valence-corrected chi connectivity index (χ0v) is 11.7. The van der Waals surface area contributed by atoms with Crippen LogP contribution < -0.4 is 4.72 Å². The number of benzene rings is 1. The molecule has 1 N–H and O–H groups in total. The van der Waals surface area contributed by atoms with Crippen molar-refractivity contribution < 1.29 is 13.2 Å². The van der Waals surface area contributed by atoms with Crippen molar-refractivity contribution in [2.24, 2.45) is 0 Å². The highest BCUT2D eigenvalue weighted by atomic mass is 35.5. The van der Waals surface area contributed by atoms with E-state index in [2.05, 4.69) is 4.72 Å². The second kappa shape index (κ2) is 5.57. The third kappa shape index (κ3) is 3.45. The lowest BCUT2D eigenvalue weighted by atomic mass is 10.1. The lowest BCUT2D eigenvalue weighted by Crippen LogP contribution is -2.33. The van der Waals surface area contributed by atoms with Gasteiger partial charge in [-0.15, -0.1) is 0 Å². The molecule has 18 heavy (non-hydrogen) atoms. The summed E-state index contributed by atoms with van der Waals surface area (Å²) >= 11 is 5.82. The monoisotopic (exact) mass is 289 g/mol. The standard InChI is InChI=1S/C12H16ClNO3S/c1-17-8-12(9-2-4-10(13)5-3-9)14-18(15,16)11-6-7-11/h2-5,11-12,14H,6-8H2,1H3/t12-/m1/s1. The van der Waals surface area contributed by atoms with Crippen LogP contribution in [0.25, 0.3) is 0 Å². The zero-order valence-electron chi connectivity index (χ0n) is 10.1. The molecule has 0 radical (unpaired) electrons. The first kappa shape index (κ1) is 13.8. The molecule has 1 atom stereocenters. The van der Waals surface area contributed by atoms with Crippen LogP contribution in [0.2, 0.25) is 5.02 Å². The van der Waals surface area contributed by atoms with E-state index >= 15 is 0 Å². The van der Waals surface area contributed by atoms with Gasteiger partial charge in [0.15, 0.2) is 0 Å². The number of rotatable bonds is 6. The maximum absolute atomic E-state index is 11.9. The molecule has 0 aromatic heterocycles. The van der Waals surface area contributed by atoms with Crippen LogP contribution in [0.1, 0.15) is 24.4 Å². The van der Waals surface area contributed by atoms with E-state index in [9.17, 15) is 8.42 Å². The molecule has 0 amide bonds. The highest BCUT2D eigenvalue weighted by molar-refractivity contribution is 7.90. The summed E-state index contributed by atoms with van der Waals surface area (Å²) in [6.07, 6.45) is 1.49. The third-order valence-electron chi connectivity index (χ3n) is 2.88. The lowest BCUT2D eigenvalue weighted by molar-refractivity contribution is 0.175. The van der Waals surface area contributed by atoms with Gasteiger partial charge in [-0.25, -0.2) is 13.1 Å². The van der Waals surface area contributed by atoms with Crippen molar-refractivity contribution in [3.63, 3.8) is 0 Å². The Kier molecular flexibility index (Phi) is 4.27. The second-order valence-electron chi connectivity index (χ2n) is 4.42. The highest BCUT2D eigenvalue weighted by Crippen LogP contribution is 2.29. The number of ether oxygens (including phenoxy) is 1. The number of methoxy groups -OCH3 is 1.